The van der Waals surface area contributed by atoms with Crippen molar-refractivity contribution in [3.05, 3.63) is 47.4 Å². The Bertz CT molecular complexity index is 585. The summed E-state index contributed by atoms with van der Waals surface area (Å²) in [5.41, 5.74) is 1.79. The highest BCUT2D eigenvalue weighted by Gasteiger charge is 2.06. The minimum atomic E-state index is 0.253. The molecule has 0 aliphatic rings. The topological polar surface area (TPSA) is 61.3 Å². The summed E-state index contributed by atoms with van der Waals surface area (Å²) in [5.74, 6) is 0.976. The van der Waals surface area contributed by atoms with Gasteiger partial charge in [-0.1, -0.05) is 6.07 Å². The van der Waals surface area contributed by atoms with Crippen LogP contribution in [0.2, 0.25) is 0 Å². The van der Waals surface area contributed by atoms with Crippen LogP contribution in [-0.4, -0.2) is 23.4 Å². The predicted molar refractivity (Wildman–Crippen MR) is 69.5 cm³/mol. The van der Waals surface area contributed by atoms with E-state index >= 15 is 0 Å². The Morgan fingerprint density at radius 1 is 1.21 bits per heavy atom. The summed E-state index contributed by atoms with van der Waals surface area (Å²) < 4.78 is 10.6. The molecule has 0 N–H and O–H groups in total. The minimum absolute atomic E-state index is 0.253. The summed E-state index contributed by atoms with van der Waals surface area (Å²) >= 11 is 0. The van der Waals surface area contributed by atoms with Crippen LogP contribution in [0.15, 0.2) is 30.3 Å². The number of ether oxygens (including phenoxy) is 2. The molecule has 2 heterocycles. The average molecular weight is 258 g/mol. The molecule has 2 rings (SSSR count). The van der Waals surface area contributed by atoms with Crippen molar-refractivity contribution in [1.82, 2.24) is 9.97 Å². The summed E-state index contributed by atoms with van der Waals surface area (Å²) in [7, 11) is 1.56. The molecule has 0 aliphatic heterocycles. The summed E-state index contributed by atoms with van der Waals surface area (Å²) in [6, 6.07) is 8.94. The van der Waals surface area contributed by atoms with Gasteiger partial charge in [0, 0.05) is 11.8 Å². The van der Waals surface area contributed by atoms with Crippen molar-refractivity contribution < 1.29 is 14.3 Å². The van der Waals surface area contributed by atoms with E-state index in [1.54, 1.807) is 25.3 Å². The zero-order valence-corrected chi connectivity index (χ0v) is 10.8. The monoisotopic (exact) mass is 258 g/mol. The van der Waals surface area contributed by atoms with Gasteiger partial charge in [-0.05, 0) is 25.1 Å². The number of carbonyl (C=O) groups is 1. The second-order valence-electron chi connectivity index (χ2n) is 3.91. The molecule has 2 aromatic heterocycles. The third-order valence-electron chi connectivity index (χ3n) is 2.50. The van der Waals surface area contributed by atoms with Crippen molar-refractivity contribution in [2.75, 3.05) is 7.11 Å². The van der Waals surface area contributed by atoms with Gasteiger partial charge >= 0.3 is 0 Å². The lowest BCUT2D eigenvalue weighted by Gasteiger charge is -2.08. The number of rotatable bonds is 5. The summed E-state index contributed by atoms with van der Waals surface area (Å²) in [5, 5.41) is 0. The van der Waals surface area contributed by atoms with Gasteiger partial charge in [-0.2, -0.15) is 0 Å². The van der Waals surface area contributed by atoms with Crippen LogP contribution < -0.4 is 9.47 Å². The van der Waals surface area contributed by atoms with Gasteiger partial charge in [-0.3, -0.25) is 4.79 Å². The van der Waals surface area contributed by atoms with E-state index in [2.05, 4.69) is 9.97 Å². The summed E-state index contributed by atoms with van der Waals surface area (Å²) in [4.78, 5) is 19.2. The zero-order valence-electron chi connectivity index (χ0n) is 10.8. The van der Waals surface area contributed by atoms with Crippen LogP contribution in [0.3, 0.4) is 0 Å². The van der Waals surface area contributed by atoms with E-state index in [9.17, 15) is 4.79 Å². The first-order chi connectivity index (χ1) is 9.22. The molecule has 0 bridgehead atoms. The van der Waals surface area contributed by atoms with Crippen LogP contribution in [0.5, 0.6) is 11.6 Å². The number of carbonyl (C=O) groups excluding carboxylic acids is 1. The first-order valence-corrected chi connectivity index (χ1v) is 5.78. The summed E-state index contributed by atoms with van der Waals surface area (Å²) in [6.45, 7) is 2.07. The normalized spacial score (nSPS) is 10.0. The highest BCUT2D eigenvalue weighted by atomic mass is 16.5. The second-order valence-corrected chi connectivity index (χ2v) is 3.91. The number of hydrogen-bond donors (Lipinski definition) is 0. The lowest BCUT2D eigenvalue weighted by atomic mass is 10.3. The number of aromatic nitrogens is 2. The minimum Gasteiger partial charge on any atom is -0.485 e. The van der Waals surface area contributed by atoms with Crippen molar-refractivity contribution in [3.63, 3.8) is 0 Å². The lowest BCUT2D eigenvalue weighted by molar-refractivity contribution is 0.111. The number of nitrogens with zero attached hydrogens (tertiary/aromatic N) is 2. The van der Waals surface area contributed by atoms with E-state index in [0.29, 0.717) is 23.6 Å². The van der Waals surface area contributed by atoms with E-state index < -0.39 is 0 Å². The van der Waals surface area contributed by atoms with Crippen molar-refractivity contribution in [3.8, 4) is 11.6 Å². The van der Waals surface area contributed by atoms with Crippen molar-refractivity contribution in [2.45, 2.75) is 13.5 Å². The number of methoxy groups -OCH3 is 1. The maximum Gasteiger partial charge on any atom is 0.213 e. The average Bonchev–Trinajstić information content (AvgIpc) is 2.46. The molecule has 0 radical (unpaired) electrons. The molecule has 0 aliphatic carbocycles. The van der Waals surface area contributed by atoms with Crippen molar-refractivity contribution in [1.29, 1.82) is 0 Å². The van der Waals surface area contributed by atoms with Crippen LogP contribution >= 0.6 is 0 Å². The van der Waals surface area contributed by atoms with Crippen LogP contribution in [-0.2, 0) is 6.61 Å². The van der Waals surface area contributed by atoms with Gasteiger partial charge in [0.1, 0.15) is 18.1 Å². The zero-order chi connectivity index (χ0) is 13.7. The quantitative estimate of drug-likeness (QED) is 0.769. The number of aldehydes is 1. The van der Waals surface area contributed by atoms with Gasteiger partial charge in [0.05, 0.1) is 12.8 Å². The largest absolute Gasteiger partial charge is 0.485 e. The third-order valence-corrected chi connectivity index (χ3v) is 2.50. The fraction of sp³-hybridized carbons (Fsp3) is 0.214. The standard InChI is InChI=1S/C14H14N2O3/c1-10-6-7-13(12(8-17)15-10)19-9-11-4-3-5-14(16-11)18-2/h3-8H,9H2,1-2H3. The van der Waals surface area contributed by atoms with Gasteiger partial charge in [0.15, 0.2) is 6.29 Å². The molecular formula is C14H14N2O3. The first-order valence-electron chi connectivity index (χ1n) is 5.78. The molecule has 5 heteroatoms. The summed E-state index contributed by atoms with van der Waals surface area (Å²) in [6.07, 6.45) is 0.682. The molecule has 98 valence electrons. The van der Waals surface area contributed by atoms with Gasteiger partial charge < -0.3 is 9.47 Å². The Morgan fingerprint density at radius 3 is 2.79 bits per heavy atom. The lowest BCUT2D eigenvalue weighted by Crippen LogP contribution is -2.03. The maximum atomic E-state index is 10.9. The van der Waals surface area contributed by atoms with E-state index in [0.717, 1.165) is 11.4 Å². The second kappa shape index (κ2) is 5.95. The van der Waals surface area contributed by atoms with Crippen molar-refractivity contribution in [2.24, 2.45) is 0 Å². The molecule has 0 amide bonds. The van der Waals surface area contributed by atoms with Gasteiger partial charge in [-0.15, -0.1) is 0 Å². The molecule has 0 aromatic carbocycles. The predicted octanol–water partition coefficient (Wildman–Crippen LogP) is 2.19. The smallest absolute Gasteiger partial charge is 0.213 e. The van der Waals surface area contributed by atoms with E-state index in [-0.39, 0.29) is 6.61 Å². The van der Waals surface area contributed by atoms with E-state index in [1.807, 2.05) is 19.1 Å². The SMILES string of the molecule is COc1cccc(COc2ccc(C)nc2C=O)n1. The molecule has 0 saturated carbocycles. The molecule has 0 spiro atoms. The molecule has 5 nitrogen and oxygen atoms in total. The van der Waals surface area contributed by atoms with Crippen LogP contribution in [0.1, 0.15) is 21.9 Å². The van der Waals surface area contributed by atoms with Crippen molar-refractivity contribution >= 4 is 6.29 Å². The number of pyridine rings is 2. The van der Waals surface area contributed by atoms with Crippen LogP contribution in [0.25, 0.3) is 0 Å². The van der Waals surface area contributed by atoms with Gasteiger partial charge in [-0.25, -0.2) is 9.97 Å². The third kappa shape index (κ3) is 3.28. The fourth-order valence-electron chi connectivity index (χ4n) is 1.57. The Kier molecular flexibility index (Phi) is 4.07. The van der Waals surface area contributed by atoms with Crippen LogP contribution in [0, 0.1) is 6.92 Å². The Balaban J connectivity index is 2.11. The Hall–Kier alpha value is -2.43. The van der Waals surface area contributed by atoms with E-state index in [4.69, 9.17) is 9.47 Å². The molecule has 0 unspecified atom stereocenters. The van der Waals surface area contributed by atoms with Gasteiger partial charge in [0.2, 0.25) is 5.88 Å². The Morgan fingerprint density at radius 2 is 2.05 bits per heavy atom. The van der Waals surface area contributed by atoms with Gasteiger partial charge in [0.25, 0.3) is 0 Å². The molecule has 19 heavy (non-hydrogen) atoms. The molecule has 2 aromatic rings. The Labute approximate surface area is 111 Å². The van der Waals surface area contributed by atoms with E-state index in [1.165, 1.54) is 0 Å². The van der Waals surface area contributed by atoms with Crippen LogP contribution in [0.4, 0.5) is 0 Å². The molecule has 0 saturated heterocycles. The first kappa shape index (κ1) is 13.0. The molecular weight excluding hydrogens is 244 g/mol. The highest BCUT2D eigenvalue weighted by molar-refractivity contribution is 5.76. The molecule has 0 atom stereocenters. The fourth-order valence-corrected chi connectivity index (χ4v) is 1.57. The highest BCUT2D eigenvalue weighted by Crippen LogP contribution is 2.17. The molecule has 0 fully saturated rings. The number of aryl methyl sites for hydroxylation is 1. The number of hydrogen-bond acceptors (Lipinski definition) is 5. The maximum absolute atomic E-state index is 10.9.